The lowest BCUT2D eigenvalue weighted by Crippen LogP contribution is -2.44. The molecular formula is C19H24N4O2. The van der Waals surface area contributed by atoms with E-state index < -0.39 is 11.8 Å². The Hall–Kier alpha value is -2.63. The van der Waals surface area contributed by atoms with Gasteiger partial charge in [0.2, 0.25) is 0 Å². The van der Waals surface area contributed by atoms with Gasteiger partial charge in [-0.3, -0.25) is 9.59 Å². The summed E-state index contributed by atoms with van der Waals surface area (Å²) >= 11 is 0. The number of carbonyl (C=O) groups excluding carboxylic acids is 2. The zero-order valence-corrected chi connectivity index (χ0v) is 14.4. The first-order chi connectivity index (χ1) is 12.2. The van der Waals surface area contributed by atoms with E-state index in [9.17, 15) is 9.59 Å². The zero-order chi connectivity index (χ0) is 17.6. The second-order valence-electron chi connectivity index (χ2n) is 6.53. The highest BCUT2D eigenvalue weighted by Gasteiger charge is 2.25. The summed E-state index contributed by atoms with van der Waals surface area (Å²) in [5, 5.41) is 9.73. The smallest absolute Gasteiger partial charge is 0.314 e. The number of benzene rings is 1. The van der Waals surface area contributed by atoms with Crippen LogP contribution in [0.25, 0.3) is 5.69 Å². The van der Waals surface area contributed by atoms with E-state index in [2.05, 4.69) is 22.7 Å². The SMILES string of the molecule is CC[C@H]1CCC[C@H](NC(=O)C(=O)Nc2ccnn2-c2ccccc2)C1. The molecule has 6 heteroatoms. The average molecular weight is 340 g/mol. The van der Waals surface area contributed by atoms with Crippen LogP contribution in [0, 0.1) is 5.92 Å². The Morgan fingerprint density at radius 2 is 1.96 bits per heavy atom. The van der Waals surface area contributed by atoms with E-state index in [0.717, 1.165) is 31.4 Å². The van der Waals surface area contributed by atoms with E-state index in [1.807, 2.05) is 30.3 Å². The molecule has 2 aromatic rings. The zero-order valence-electron chi connectivity index (χ0n) is 14.4. The number of rotatable bonds is 4. The molecule has 1 aromatic carbocycles. The Morgan fingerprint density at radius 1 is 1.16 bits per heavy atom. The molecule has 132 valence electrons. The summed E-state index contributed by atoms with van der Waals surface area (Å²) in [7, 11) is 0. The van der Waals surface area contributed by atoms with Crippen LogP contribution in [0.5, 0.6) is 0 Å². The van der Waals surface area contributed by atoms with E-state index >= 15 is 0 Å². The summed E-state index contributed by atoms with van der Waals surface area (Å²) in [6, 6.07) is 11.2. The van der Waals surface area contributed by atoms with Crippen molar-refractivity contribution in [3.63, 3.8) is 0 Å². The van der Waals surface area contributed by atoms with Crippen molar-refractivity contribution in [1.29, 1.82) is 0 Å². The minimum absolute atomic E-state index is 0.0935. The molecule has 0 unspecified atom stereocenters. The highest BCUT2D eigenvalue weighted by molar-refractivity contribution is 6.39. The molecular weight excluding hydrogens is 316 g/mol. The predicted molar refractivity (Wildman–Crippen MR) is 96.4 cm³/mol. The van der Waals surface area contributed by atoms with Crippen LogP contribution in [0.1, 0.15) is 39.0 Å². The number of para-hydroxylation sites is 1. The monoisotopic (exact) mass is 340 g/mol. The minimum atomic E-state index is -0.656. The highest BCUT2D eigenvalue weighted by Crippen LogP contribution is 2.26. The molecule has 2 amide bonds. The molecule has 2 atom stereocenters. The van der Waals surface area contributed by atoms with Gasteiger partial charge >= 0.3 is 11.8 Å². The fourth-order valence-corrected chi connectivity index (χ4v) is 3.39. The van der Waals surface area contributed by atoms with Crippen molar-refractivity contribution >= 4 is 17.6 Å². The molecule has 1 saturated carbocycles. The van der Waals surface area contributed by atoms with Crippen molar-refractivity contribution in [2.75, 3.05) is 5.32 Å². The van der Waals surface area contributed by atoms with Crippen LogP contribution in [0.15, 0.2) is 42.6 Å². The number of hydrogen-bond donors (Lipinski definition) is 2. The van der Waals surface area contributed by atoms with Gasteiger partial charge in [0.05, 0.1) is 11.9 Å². The molecule has 1 aromatic heterocycles. The first-order valence-electron chi connectivity index (χ1n) is 8.88. The van der Waals surface area contributed by atoms with Gasteiger partial charge in [-0.05, 0) is 30.9 Å². The van der Waals surface area contributed by atoms with E-state index in [1.54, 1.807) is 16.9 Å². The van der Waals surface area contributed by atoms with E-state index in [0.29, 0.717) is 11.7 Å². The van der Waals surface area contributed by atoms with Crippen molar-refractivity contribution in [3.8, 4) is 5.69 Å². The van der Waals surface area contributed by atoms with Crippen LogP contribution in [0.2, 0.25) is 0 Å². The number of nitrogens with zero attached hydrogens (tertiary/aromatic N) is 2. The number of aromatic nitrogens is 2. The highest BCUT2D eigenvalue weighted by atomic mass is 16.2. The molecule has 6 nitrogen and oxygen atoms in total. The number of anilines is 1. The van der Waals surface area contributed by atoms with Crippen LogP contribution in [0.3, 0.4) is 0 Å². The van der Waals surface area contributed by atoms with Gasteiger partial charge in [0.15, 0.2) is 0 Å². The first-order valence-corrected chi connectivity index (χ1v) is 8.88. The summed E-state index contributed by atoms with van der Waals surface area (Å²) in [5.74, 6) is -0.123. The molecule has 0 radical (unpaired) electrons. The van der Waals surface area contributed by atoms with Gasteiger partial charge in [0.1, 0.15) is 5.82 Å². The molecule has 0 saturated heterocycles. The van der Waals surface area contributed by atoms with Gasteiger partial charge in [-0.2, -0.15) is 5.10 Å². The molecule has 1 aliphatic rings. The lowest BCUT2D eigenvalue weighted by molar-refractivity contribution is -0.136. The van der Waals surface area contributed by atoms with Crippen molar-refractivity contribution in [1.82, 2.24) is 15.1 Å². The van der Waals surface area contributed by atoms with Gasteiger partial charge in [-0.15, -0.1) is 0 Å². The molecule has 25 heavy (non-hydrogen) atoms. The van der Waals surface area contributed by atoms with Crippen LogP contribution in [0.4, 0.5) is 5.82 Å². The van der Waals surface area contributed by atoms with Crippen LogP contribution in [-0.4, -0.2) is 27.6 Å². The molecule has 0 spiro atoms. The summed E-state index contributed by atoms with van der Waals surface area (Å²) < 4.78 is 1.60. The first kappa shape index (κ1) is 17.2. The maximum atomic E-state index is 12.3. The minimum Gasteiger partial charge on any atom is -0.345 e. The summed E-state index contributed by atoms with van der Waals surface area (Å²) in [6.45, 7) is 2.17. The summed E-state index contributed by atoms with van der Waals surface area (Å²) in [6.07, 6.45) is 6.93. The summed E-state index contributed by atoms with van der Waals surface area (Å²) in [4.78, 5) is 24.5. The number of amides is 2. The second-order valence-corrected chi connectivity index (χ2v) is 6.53. The van der Waals surface area contributed by atoms with Gasteiger partial charge in [0, 0.05) is 12.1 Å². The number of carbonyl (C=O) groups is 2. The van der Waals surface area contributed by atoms with Crippen LogP contribution in [-0.2, 0) is 9.59 Å². The number of nitrogens with one attached hydrogen (secondary N) is 2. The molecule has 1 heterocycles. The third kappa shape index (κ3) is 4.26. The normalized spacial score (nSPS) is 20.0. The Bertz CT molecular complexity index is 726. The molecule has 0 aliphatic heterocycles. The van der Waals surface area contributed by atoms with Crippen molar-refractivity contribution in [2.24, 2.45) is 5.92 Å². The molecule has 2 N–H and O–H groups in total. The van der Waals surface area contributed by atoms with Gasteiger partial charge < -0.3 is 10.6 Å². The third-order valence-corrected chi connectivity index (χ3v) is 4.79. The largest absolute Gasteiger partial charge is 0.345 e. The van der Waals surface area contributed by atoms with E-state index in [-0.39, 0.29) is 6.04 Å². The van der Waals surface area contributed by atoms with Crippen LogP contribution >= 0.6 is 0 Å². The lowest BCUT2D eigenvalue weighted by atomic mass is 9.84. The average Bonchev–Trinajstić information content (AvgIpc) is 3.10. The molecule has 1 aliphatic carbocycles. The lowest BCUT2D eigenvalue weighted by Gasteiger charge is -2.28. The van der Waals surface area contributed by atoms with Crippen molar-refractivity contribution in [2.45, 2.75) is 45.1 Å². The maximum absolute atomic E-state index is 12.3. The Labute approximate surface area is 147 Å². The summed E-state index contributed by atoms with van der Waals surface area (Å²) in [5.41, 5.74) is 0.821. The molecule has 3 rings (SSSR count). The van der Waals surface area contributed by atoms with E-state index in [1.165, 1.54) is 6.42 Å². The molecule has 0 bridgehead atoms. The standard InChI is InChI=1S/C19H24N4O2/c1-2-14-7-6-8-15(13-14)21-18(24)19(25)22-17-11-12-20-23(17)16-9-4-3-5-10-16/h3-5,9-12,14-15H,2,6-8,13H2,1H3,(H,21,24)(H,22,25)/t14-,15-/m0/s1. The van der Waals surface area contributed by atoms with Gasteiger partial charge in [-0.1, -0.05) is 44.4 Å². The Balaban J connectivity index is 1.61. The van der Waals surface area contributed by atoms with Gasteiger partial charge in [0.25, 0.3) is 0 Å². The van der Waals surface area contributed by atoms with Gasteiger partial charge in [-0.25, -0.2) is 4.68 Å². The second kappa shape index (κ2) is 7.96. The fourth-order valence-electron chi connectivity index (χ4n) is 3.39. The van der Waals surface area contributed by atoms with Crippen molar-refractivity contribution in [3.05, 3.63) is 42.6 Å². The Kier molecular flexibility index (Phi) is 5.48. The number of hydrogen-bond acceptors (Lipinski definition) is 3. The quantitative estimate of drug-likeness (QED) is 0.840. The fraction of sp³-hybridized carbons (Fsp3) is 0.421. The molecule has 1 fully saturated rings. The predicted octanol–water partition coefficient (Wildman–Crippen LogP) is 2.90. The van der Waals surface area contributed by atoms with Crippen LogP contribution < -0.4 is 10.6 Å². The Morgan fingerprint density at radius 3 is 2.72 bits per heavy atom. The maximum Gasteiger partial charge on any atom is 0.314 e. The van der Waals surface area contributed by atoms with E-state index in [4.69, 9.17) is 0 Å². The third-order valence-electron chi connectivity index (χ3n) is 4.79. The van der Waals surface area contributed by atoms with Crippen molar-refractivity contribution < 1.29 is 9.59 Å². The topological polar surface area (TPSA) is 76.0 Å².